The summed E-state index contributed by atoms with van der Waals surface area (Å²) < 4.78 is 22.5. The second-order valence-electron chi connectivity index (χ2n) is 18.8. The van der Waals surface area contributed by atoms with Crippen molar-refractivity contribution in [1.82, 2.24) is 19.6 Å². The van der Waals surface area contributed by atoms with Gasteiger partial charge in [0.25, 0.3) is 0 Å². The largest absolute Gasteiger partial charge is 0.459 e. The maximum atomic E-state index is 13.0. The van der Waals surface area contributed by atoms with E-state index < -0.39 is 48.5 Å². The highest BCUT2D eigenvalue weighted by atomic mass is 33.1. The molecule has 2 heterocycles. The van der Waals surface area contributed by atoms with Gasteiger partial charge in [-0.05, 0) is 106 Å². The van der Waals surface area contributed by atoms with Gasteiger partial charge in [0, 0.05) is 63.8 Å². The van der Waals surface area contributed by atoms with Crippen LogP contribution in [0.25, 0.3) is 0 Å². The zero-order chi connectivity index (χ0) is 45.8. The quantitative estimate of drug-likeness (QED) is 0.0427. The second kappa shape index (κ2) is 32.5. The van der Waals surface area contributed by atoms with Crippen molar-refractivity contribution in [3.8, 4) is 12.3 Å². The number of ether oxygens (including phenoxy) is 4. The number of terminal acetylenes is 1. The minimum Gasteiger partial charge on any atom is -0.459 e. The average molecular weight is 919 g/mol. The van der Waals surface area contributed by atoms with Crippen LogP contribution in [0.5, 0.6) is 0 Å². The molecule has 5 atom stereocenters. The van der Waals surface area contributed by atoms with Crippen molar-refractivity contribution < 1.29 is 49.0 Å². The lowest BCUT2D eigenvalue weighted by Gasteiger charge is -2.39. The Bertz CT molecular complexity index is 1230. The van der Waals surface area contributed by atoms with Crippen molar-refractivity contribution in [3.05, 3.63) is 0 Å². The van der Waals surface area contributed by atoms with E-state index in [-0.39, 0.29) is 25.0 Å². The highest BCUT2D eigenvalue weighted by Gasteiger charge is 2.44. The predicted octanol–water partition coefficient (Wildman–Crippen LogP) is 4.79. The van der Waals surface area contributed by atoms with E-state index in [9.17, 15) is 30.0 Å². The van der Waals surface area contributed by atoms with E-state index in [0.717, 1.165) is 160 Å². The van der Waals surface area contributed by atoms with Crippen molar-refractivity contribution in [1.29, 1.82) is 0 Å². The first-order valence-electron chi connectivity index (χ1n) is 23.4. The summed E-state index contributed by atoms with van der Waals surface area (Å²) >= 11 is 0. The van der Waals surface area contributed by atoms with Crippen LogP contribution in [-0.4, -0.2) is 197 Å². The van der Waals surface area contributed by atoms with Gasteiger partial charge in [-0.2, -0.15) is 0 Å². The van der Waals surface area contributed by atoms with Crippen LogP contribution in [0, 0.1) is 12.3 Å². The molecule has 4 N–H and O–H groups in total. The Morgan fingerprint density at radius 2 is 1.08 bits per heavy atom. The van der Waals surface area contributed by atoms with E-state index in [2.05, 4.69) is 25.5 Å². The summed E-state index contributed by atoms with van der Waals surface area (Å²) in [6.07, 6.45) is 12.5. The highest BCUT2D eigenvalue weighted by Crippen LogP contribution is 2.24. The molecule has 2 aliphatic rings. The predicted molar refractivity (Wildman–Crippen MR) is 251 cm³/mol. The fourth-order valence-corrected chi connectivity index (χ4v) is 9.68. The van der Waals surface area contributed by atoms with Gasteiger partial charge in [0.2, 0.25) is 0 Å². The molecule has 0 aromatic heterocycles. The summed E-state index contributed by atoms with van der Waals surface area (Å²) in [5.74, 6) is 4.51. The third-order valence-electron chi connectivity index (χ3n) is 10.7. The average Bonchev–Trinajstić information content (AvgIpc) is 3.19. The zero-order valence-electron chi connectivity index (χ0n) is 39.3. The first-order chi connectivity index (χ1) is 29.5. The van der Waals surface area contributed by atoms with E-state index in [0.29, 0.717) is 6.61 Å². The maximum Gasteiger partial charge on any atom is 0.320 e. The number of rotatable bonds is 25. The summed E-state index contributed by atoms with van der Waals surface area (Å²) in [5, 5.41) is 39.5. The summed E-state index contributed by atoms with van der Waals surface area (Å²) in [6, 6.07) is 0. The molecule has 2 aliphatic heterocycles. The Morgan fingerprint density at radius 3 is 1.58 bits per heavy atom. The summed E-state index contributed by atoms with van der Waals surface area (Å²) in [7, 11) is 3.82. The minimum absolute atomic E-state index is 0.181. The minimum atomic E-state index is -1.43. The number of aliphatic hydroxyl groups excluding tert-OH is 4. The fourth-order valence-electron chi connectivity index (χ4n) is 7.53. The Hall–Kier alpha value is -1.20. The number of esters is 2. The Labute approximate surface area is 383 Å². The van der Waals surface area contributed by atoms with E-state index in [1.807, 2.05) is 63.1 Å². The molecule has 2 fully saturated rings. The van der Waals surface area contributed by atoms with Crippen molar-refractivity contribution in [3.63, 3.8) is 0 Å². The van der Waals surface area contributed by atoms with E-state index in [1.54, 1.807) is 0 Å². The molecule has 2 rings (SSSR count). The number of carbonyl (C=O) groups is 2. The van der Waals surface area contributed by atoms with Crippen LogP contribution in [0.15, 0.2) is 0 Å². The molecule has 2 saturated heterocycles. The molecule has 16 heteroatoms. The van der Waals surface area contributed by atoms with Crippen molar-refractivity contribution >= 4 is 33.5 Å². The standard InChI is InChI=1S/C46H86N4O10S2/c1-8-9-18-33-61-62-34-21-27-48-24-20-26-49(35-39(52)59-45(2,3)4)30-28-47(23-19-25-50(31-29-48)36-40(53)60-46(5,6)7)22-16-14-12-10-11-13-15-17-32-57-44-43(56)42(55)41(54)38(37-51)58-44/h1,38,41-44,51,54-56H,9-37H2,2-7H3/t38?,41-,42+,43?,44-/m1/s1. The summed E-state index contributed by atoms with van der Waals surface area (Å²) in [6.45, 7) is 20.7. The maximum absolute atomic E-state index is 13.0. The van der Waals surface area contributed by atoms with E-state index in [1.165, 1.54) is 0 Å². The molecule has 0 amide bonds. The van der Waals surface area contributed by atoms with Crippen LogP contribution in [0.2, 0.25) is 0 Å². The fraction of sp³-hybridized carbons (Fsp3) is 0.913. The number of hydrogen-bond acceptors (Lipinski definition) is 16. The third kappa shape index (κ3) is 27.3. The van der Waals surface area contributed by atoms with Gasteiger partial charge in [-0.25, -0.2) is 0 Å². The van der Waals surface area contributed by atoms with Crippen molar-refractivity contribution in [2.75, 3.05) is 103 Å². The lowest BCUT2D eigenvalue weighted by molar-refractivity contribution is -0.301. The first kappa shape index (κ1) is 56.9. The van der Waals surface area contributed by atoms with Crippen LogP contribution in [0.3, 0.4) is 0 Å². The molecule has 62 heavy (non-hydrogen) atoms. The van der Waals surface area contributed by atoms with E-state index in [4.69, 9.17) is 25.4 Å². The number of carbonyl (C=O) groups excluding carboxylic acids is 2. The van der Waals surface area contributed by atoms with Crippen LogP contribution >= 0.6 is 21.6 Å². The number of unbranched alkanes of at least 4 members (excludes halogenated alkanes) is 8. The van der Waals surface area contributed by atoms with Gasteiger partial charge in [0.1, 0.15) is 35.6 Å². The SMILES string of the molecule is C#CCCCSSCCCN1CCCN(CC(=O)OC(C)(C)C)CCN(CCCCCCCCCCO[C@@H]2OC(CO)[C@@H](O)[C@H](O)C2O)CCCN(CC(=O)OC(C)(C)C)CC1. The molecule has 0 bridgehead atoms. The number of hydrogen-bond donors (Lipinski definition) is 4. The van der Waals surface area contributed by atoms with Crippen molar-refractivity contribution in [2.45, 2.75) is 167 Å². The van der Waals surface area contributed by atoms with E-state index >= 15 is 0 Å². The van der Waals surface area contributed by atoms with Crippen LogP contribution in [-0.2, 0) is 28.5 Å². The number of nitrogens with zero attached hydrogens (tertiary/aromatic N) is 4. The molecular formula is C46H86N4O10S2. The normalized spacial score (nSPS) is 23.7. The zero-order valence-corrected chi connectivity index (χ0v) is 40.9. The van der Waals surface area contributed by atoms with Gasteiger partial charge in [0.05, 0.1) is 19.7 Å². The van der Waals surface area contributed by atoms with Crippen LogP contribution in [0.4, 0.5) is 0 Å². The summed E-state index contributed by atoms with van der Waals surface area (Å²) in [5.41, 5.74) is -1.06. The number of aliphatic hydroxyl groups is 4. The van der Waals surface area contributed by atoms with Gasteiger partial charge < -0.3 is 49.2 Å². The molecule has 0 aromatic rings. The second-order valence-corrected chi connectivity index (χ2v) is 21.5. The van der Waals surface area contributed by atoms with Gasteiger partial charge in [-0.1, -0.05) is 60.1 Å². The molecule has 2 unspecified atom stereocenters. The Morgan fingerprint density at radius 1 is 0.629 bits per heavy atom. The lowest BCUT2D eigenvalue weighted by atomic mass is 9.99. The van der Waals surface area contributed by atoms with Gasteiger partial charge in [0.15, 0.2) is 6.29 Å². The Balaban J connectivity index is 1.92. The highest BCUT2D eigenvalue weighted by molar-refractivity contribution is 8.76. The lowest BCUT2D eigenvalue weighted by Crippen LogP contribution is -2.59. The molecule has 0 aliphatic carbocycles. The summed E-state index contributed by atoms with van der Waals surface area (Å²) in [4.78, 5) is 35.7. The van der Waals surface area contributed by atoms with Crippen molar-refractivity contribution in [2.24, 2.45) is 0 Å². The topological polar surface area (TPSA) is 165 Å². The smallest absolute Gasteiger partial charge is 0.320 e. The molecule has 0 spiro atoms. The molecular weight excluding hydrogens is 833 g/mol. The Kier molecular flexibility index (Phi) is 29.8. The molecule has 0 saturated carbocycles. The molecule has 0 radical (unpaired) electrons. The van der Waals surface area contributed by atoms with Gasteiger partial charge in [-0.3, -0.25) is 19.4 Å². The monoisotopic (exact) mass is 919 g/mol. The molecule has 0 aromatic carbocycles. The third-order valence-corrected chi connectivity index (χ3v) is 13.3. The first-order valence-corrected chi connectivity index (χ1v) is 25.9. The van der Waals surface area contributed by atoms with Crippen LogP contribution in [0.1, 0.15) is 125 Å². The van der Waals surface area contributed by atoms with Crippen LogP contribution < -0.4 is 0 Å². The molecule has 362 valence electrons. The van der Waals surface area contributed by atoms with Gasteiger partial charge in [-0.15, -0.1) is 12.3 Å². The van der Waals surface area contributed by atoms with Gasteiger partial charge >= 0.3 is 11.9 Å². The molecule has 14 nitrogen and oxygen atoms in total.